The fraction of sp³-hybridized carbons (Fsp3) is 0.489. The van der Waals surface area contributed by atoms with Crippen molar-refractivity contribution in [1.29, 1.82) is 0 Å². The van der Waals surface area contributed by atoms with Gasteiger partial charge in [-0.15, -0.1) is 11.3 Å². The van der Waals surface area contributed by atoms with Crippen molar-refractivity contribution >= 4 is 67.5 Å². The first-order valence-corrected chi connectivity index (χ1v) is 24.2. The summed E-state index contributed by atoms with van der Waals surface area (Å²) in [5, 5.41) is 10.5. The van der Waals surface area contributed by atoms with Crippen LogP contribution in [-0.2, 0) is 24.6 Å². The Kier molecular flexibility index (Phi) is 12.8. The Balaban J connectivity index is 1.15. The maximum Gasteiger partial charge on any atom is 0.303 e. The highest BCUT2D eigenvalue weighted by Gasteiger charge is 2.62. The van der Waals surface area contributed by atoms with Gasteiger partial charge in [-0.25, -0.2) is 14.7 Å². The largest absolute Gasteiger partial charge is 0.496 e. The molecule has 2 aromatic carbocycles. The van der Waals surface area contributed by atoms with Crippen LogP contribution in [0.15, 0.2) is 60.0 Å². The highest BCUT2D eigenvalue weighted by molar-refractivity contribution is 7.87. The maximum atomic E-state index is 14.9. The van der Waals surface area contributed by atoms with Crippen molar-refractivity contribution in [1.82, 2.24) is 29.2 Å². The van der Waals surface area contributed by atoms with Crippen LogP contribution in [-0.4, -0.2) is 95.8 Å². The summed E-state index contributed by atoms with van der Waals surface area (Å²) in [5.74, 6) is -0.638. The van der Waals surface area contributed by atoms with Crippen LogP contribution in [0.2, 0.25) is 5.02 Å². The number of carbonyl (C=O) groups is 3. The van der Waals surface area contributed by atoms with E-state index in [9.17, 15) is 22.8 Å². The van der Waals surface area contributed by atoms with Crippen LogP contribution in [0.3, 0.4) is 0 Å². The topological polar surface area (TPSA) is 172 Å². The molecule has 0 spiro atoms. The smallest absolute Gasteiger partial charge is 0.303 e. The number of thiazole rings is 1. The molecule has 0 bridgehead atoms. The predicted octanol–water partition coefficient (Wildman–Crippen LogP) is 7.13. The minimum atomic E-state index is -4.12. The van der Waals surface area contributed by atoms with E-state index in [4.69, 9.17) is 31.0 Å². The van der Waals surface area contributed by atoms with Crippen LogP contribution in [0, 0.1) is 12.8 Å². The third kappa shape index (κ3) is 9.15. The maximum absolute atomic E-state index is 14.9. The van der Waals surface area contributed by atoms with Crippen molar-refractivity contribution in [3.8, 4) is 22.2 Å². The number of aromatic nitrogens is 2. The Hall–Kier alpha value is -4.77. The van der Waals surface area contributed by atoms with E-state index in [1.54, 1.807) is 24.1 Å². The van der Waals surface area contributed by atoms with Gasteiger partial charge >= 0.3 is 10.2 Å². The first-order valence-electron chi connectivity index (χ1n) is 21.5. The molecular formula is C45H54ClN7O7S2. The van der Waals surface area contributed by atoms with Gasteiger partial charge in [-0.2, -0.15) is 12.7 Å². The van der Waals surface area contributed by atoms with E-state index in [-0.39, 0.29) is 31.2 Å². The van der Waals surface area contributed by atoms with Crippen molar-refractivity contribution in [3.05, 3.63) is 76.3 Å². The zero-order valence-electron chi connectivity index (χ0n) is 35.5. The molecule has 3 aliphatic heterocycles. The summed E-state index contributed by atoms with van der Waals surface area (Å²) in [6.07, 6.45) is 8.72. The number of pyridine rings is 1. The molecule has 4 aromatic rings. The molecule has 2 saturated heterocycles. The zero-order valence-corrected chi connectivity index (χ0v) is 37.9. The van der Waals surface area contributed by atoms with Gasteiger partial charge in [-0.05, 0) is 87.8 Å². The highest BCUT2D eigenvalue weighted by atomic mass is 35.5. The van der Waals surface area contributed by atoms with Gasteiger partial charge in [-0.1, -0.05) is 50.4 Å². The molecule has 8 rings (SSSR count). The molecule has 14 nitrogen and oxygen atoms in total. The molecular weight excluding hydrogens is 850 g/mol. The van der Waals surface area contributed by atoms with Crippen molar-refractivity contribution in [2.45, 2.75) is 108 Å². The van der Waals surface area contributed by atoms with Crippen molar-refractivity contribution < 1.29 is 32.3 Å². The monoisotopic (exact) mass is 903 g/mol. The van der Waals surface area contributed by atoms with Gasteiger partial charge in [0.2, 0.25) is 11.8 Å². The number of fused-ring (bicyclic) bond motifs is 3. The van der Waals surface area contributed by atoms with Crippen LogP contribution in [0.5, 0.6) is 11.5 Å². The molecule has 0 radical (unpaired) electrons. The summed E-state index contributed by atoms with van der Waals surface area (Å²) in [4.78, 5) is 55.3. The molecule has 3 amide bonds. The third-order valence-corrected chi connectivity index (χ3v) is 15.1. The number of aryl methyl sites for hydroxylation is 1. The first kappa shape index (κ1) is 43.9. The second-order valence-electron chi connectivity index (χ2n) is 17.1. The molecule has 2 aromatic heterocycles. The summed E-state index contributed by atoms with van der Waals surface area (Å²) in [6.45, 7) is 6.83. The lowest BCUT2D eigenvalue weighted by atomic mass is 10.0. The van der Waals surface area contributed by atoms with Gasteiger partial charge in [0.25, 0.3) is 5.91 Å². The second kappa shape index (κ2) is 18.1. The number of rotatable bonds is 10. The molecule has 17 heteroatoms. The minimum Gasteiger partial charge on any atom is -0.496 e. The second-order valence-corrected chi connectivity index (χ2v) is 20.1. The number of methoxy groups -OCH3 is 1. The number of allylic oxidation sites excluding steroid dienone is 1. The SMILES string of the molecule is COc1ccc2c(O[C@@H]3C[C@H]4C(=O)N[C@]5(C(=O)NS(=O)(=O)N6CCCC6)C[C@@H]5/C=C\CCCCC[C@H](Nc5ccc(Cl)cc5)C(=O)N4C3)cc(-c3nc(C(C)C)cs3)nc2c1C. The number of halogens is 1. The Morgan fingerprint density at radius 2 is 1.81 bits per heavy atom. The summed E-state index contributed by atoms with van der Waals surface area (Å²) in [5.41, 5.74) is 2.28. The molecule has 3 fully saturated rings. The Morgan fingerprint density at radius 3 is 2.53 bits per heavy atom. The van der Waals surface area contributed by atoms with E-state index in [0.717, 1.165) is 47.3 Å². The molecule has 5 heterocycles. The van der Waals surface area contributed by atoms with E-state index in [1.807, 2.05) is 54.8 Å². The molecule has 1 saturated carbocycles. The van der Waals surface area contributed by atoms with E-state index < -0.39 is 51.7 Å². The Morgan fingerprint density at radius 1 is 1.03 bits per heavy atom. The van der Waals surface area contributed by atoms with Crippen LogP contribution < -0.4 is 24.8 Å². The molecule has 5 atom stereocenters. The van der Waals surface area contributed by atoms with Gasteiger partial charge in [0, 0.05) is 58.5 Å². The van der Waals surface area contributed by atoms with E-state index in [1.165, 1.54) is 15.6 Å². The minimum absolute atomic E-state index is 0.0740. The number of carbonyl (C=O) groups excluding carboxylic acids is 3. The standard InChI is InChI=1S/C45H54ClN7O7S2/c1-27(2)36-26-61-42(49-36)35-23-39(33-18-19-38(59-4)28(3)40(33)48-35)60-32-22-37-41(54)50-45(44(56)51-62(57,58)52-20-10-11-21-52)24-29(45)12-8-6-5-7-9-13-34(43(55)53(37)25-32)47-31-16-14-30(46)15-17-31/h8,12,14-19,23,26-27,29,32,34,37,47H,5-7,9-11,13,20-22,24-25H2,1-4H3,(H,50,54)(H,51,56)/b12-8-/t29-,32+,34-,37-,45+/m0/s1. The number of amides is 3. The molecule has 330 valence electrons. The van der Waals surface area contributed by atoms with Crippen LogP contribution in [0.25, 0.3) is 21.6 Å². The lowest BCUT2D eigenvalue weighted by molar-refractivity contribution is -0.140. The number of nitrogens with zero attached hydrogens (tertiary/aromatic N) is 4. The fourth-order valence-electron chi connectivity index (χ4n) is 8.77. The van der Waals surface area contributed by atoms with E-state index in [2.05, 4.69) is 29.2 Å². The zero-order chi connectivity index (χ0) is 43.8. The Bertz CT molecular complexity index is 2470. The van der Waals surface area contributed by atoms with E-state index in [0.29, 0.717) is 65.8 Å². The summed E-state index contributed by atoms with van der Waals surface area (Å²) < 4.78 is 42.8. The van der Waals surface area contributed by atoms with Crippen LogP contribution in [0.4, 0.5) is 5.69 Å². The summed E-state index contributed by atoms with van der Waals surface area (Å²) >= 11 is 7.71. The number of anilines is 1. The molecule has 62 heavy (non-hydrogen) atoms. The molecule has 0 unspecified atom stereocenters. The molecule has 3 N–H and O–H groups in total. The van der Waals surface area contributed by atoms with Gasteiger partial charge in [0.15, 0.2) is 0 Å². The van der Waals surface area contributed by atoms with Gasteiger partial charge < -0.3 is 25.0 Å². The molecule has 4 aliphatic rings. The normalized spacial score (nSPS) is 25.4. The first-order chi connectivity index (χ1) is 29.8. The van der Waals surface area contributed by atoms with Crippen molar-refractivity contribution in [3.63, 3.8) is 0 Å². The summed E-state index contributed by atoms with van der Waals surface area (Å²) in [7, 11) is -2.51. The van der Waals surface area contributed by atoms with Gasteiger partial charge in [-0.3, -0.25) is 14.4 Å². The quantitative estimate of drug-likeness (QED) is 0.139. The van der Waals surface area contributed by atoms with Crippen molar-refractivity contribution in [2.24, 2.45) is 5.92 Å². The number of nitrogens with one attached hydrogen (secondary N) is 3. The van der Waals surface area contributed by atoms with Crippen LogP contribution >= 0.6 is 22.9 Å². The average Bonchev–Trinajstić information content (AvgIpc) is 3.75. The number of hydrogen-bond donors (Lipinski definition) is 3. The Labute approximate surface area is 372 Å². The highest BCUT2D eigenvalue weighted by Crippen LogP contribution is 2.46. The fourth-order valence-corrected chi connectivity index (χ4v) is 11.1. The number of benzene rings is 2. The third-order valence-electron chi connectivity index (χ3n) is 12.4. The van der Waals surface area contributed by atoms with Crippen LogP contribution in [0.1, 0.15) is 88.8 Å². The van der Waals surface area contributed by atoms with E-state index >= 15 is 0 Å². The lowest BCUT2D eigenvalue weighted by Gasteiger charge is -2.30. The predicted molar refractivity (Wildman–Crippen MR) is 241 cm³/mol. The number of hydrogen-bond acceptors (Lipinski definition) is 11. The lowest BCUT2D eigenvalue weighted by Crippen LogP contribution is -2.58. The molecule has 1 aliphatic carbocycles. The van der Waals surface area contributed by atoms with Crippen molar-refractivity contribution in [2.75, 3.05) is 32.1 Å². The van der Waals surface area contributed by atoms with Gasteiger partial charge in [0.05, 0.1) is 24.9 Å². The van der Waals surface area contributed by atoms with Gasteiger partial charge in [0.1, 0.15) is 45.9 Å². The summed E-state index contributed by atoms with van der Waals surface area (Å²) in [6, 6.07) is 11.0. The number of ether oxygens (including phenoxy) is 2. The average molecular weight is 905 g/mol.